The Hall–Kier alpha value is -0.550. The second-order valence-corrected chi connectivity index (χ2v) is 3.70. The van der Waals surface area contributed by atoms with Gasteiger partial charge in [-0.05, 0) is 18.6 Å². The number of H-pyrrole nitrogens is 1. The van der Waals surface area contributed by atoms with Crippen LogP contribution in [0.5, 0.6) is 0 Å². The fourth-order valence-corrected chi connectivity index (χ4v) is 1.50. The summed E-state index contributed by atoms with van der Waals surface area (Å²) in [5, 5.41) is 4.13. The molecule has 1 N–H and O–H groups in total. The molecule has 3 nitrogen and oxygen atoms in total. The molecule has 1 aromatic rings. The number of unbranched alkanes of at least 4 members (excludes halogenated alkanes) is 2. The molecule has 0 saturated heterocycles. The molecule has 0 atom stereocenters. The van der Waals surface area contributed by atoms with E-state index in [0.717, 1.165) is 13.0 Å². The number of hydrogen-bond donors (Lipinski definition) is 1. The molecule has 0 radical (unpaired) electrons. The minimum absolute atomic E-state index is 0.594. The van der Waals surface area contributed by atoms with Gasteiger partial charge in [0.1, 0.15) is 4.64 Å². The third kappa shape index (κ3) is 3.36. The first kappa shape index (κ1) is 10.5. The lowest BCUT2D eigenvalue weighted by atomic mass is 10.2. The molecular formula is C8H13N3S2. The van der Waals surface area contributed by atoms with Crippen LogP contribution in [0.1, 0.15) is 26.2 Å². The quantitative estimate of drug-likeness (QED) is 0.619. The van der Waals surface area contributed by atoms with Crippen molar-refractivity contribution < 1.29 is 0 Å². The Morgan fingerprint density at radius 3 is 2.85 bits per heavy atom. The van der Waals surface area contributed by atoms with Gasteiger partial charge in [0.25, 0.3) is 0 Å². The van der Waals surface area contributed by atoms with Crippen molar-refractivity contribution in [2.75, 3.05) is 0 Å². The highest BCUT2D eigenvalue weighted by atomic mass is 32.1. The number of nitrogens with one attached hydrogen (secondary N) is 1. The van der Waals surface area contributed by atoms with Crippen LogP contribution in [0.25, 0.3) is 0 Å². The summed E-state index contributed by atoms with van der Waals surface area (Å²) in [6, 6.07) is 0. The summed E-state index contributed by atoms with van der Waals surface area (Å²) in [6.07, 6.45) is 5.15. The van der Waals surface area contributed by atoms with E-state index in [1.54, 1.807) is 10.9 Å². The van der Waals surface area contributed by atoms with E-state index in [-0.39, 0.29) is 0 Å². The van der Waals surface area contributed by atoms with Crippen LogP contribution >= 0.6 is 24.4 Å². The van der Waals surface area contributed by atoms with Crippen molar-refractivity contribution in [3.8, 4) is 0 Å². The van der Waals surface area contributed by atoms with Gasteiger partial charge in [-0.3, -0.25) is 0 Å². The van der Waals surface area contributed by atoms with Crippen LogP contribution in [0.3, 0.4) is 0 Å². The van der Waals surface area contributed by atoms with E-state index < -0.39 is 0 Å². The molecule has 0 aliphatic heterocycles. The van der Waals surface area contributed by atoms with E-state index in [0.29, 0.717) is 9.41 Å². The van der Waals surface area contributed by atoms with Crippen molar-refractivity contribution in [3.05, 3.63) is 15.6 Å². The fourth-order valence-electron chi connectivity index (χ4n) is 1.05. The lowest BCUT2D eigenvalue weighted by Crippen LogP contribution is -2.06. The molecule has 0 saturated carbocycles. The van der Waals surface area contributed by atoms with Crippen LogP contribution in [0.15, 0.2) is 6.20 Å². The SMILES string of the molecule is CCCCCn1ncc(=S)[nH]c1=S. The van der Waals surface area contributed by atoms with Gasteiger partial charge in [0.05, 0.1) is 6.20 Å². The van der Waals surface area contributed by atoms with E-state index in [1.807, 2.05) is 0 Å². The average Bonchev–Trinajstić information content (AvgIpc) is 2.09. The summed E-state index contributed by atoms with van der Waals surface area (Å²) in [5.74, 6) is 0. The fraction of sp³-hybridized carbons (Fsp3) is 0.625. The molecule has 0 bridgehead atoms. The number of nitrogens with zero attached hydrogens (tertiary/aromatic N) is 2. The van der Waals surface area contributed by atoms with E-state index in [1.165, 1.54) is 12.8 Å². The van der Waals surface area contributed by atoms with Crippen LogP contribution < -0.4 is 0 Å². The molecule has 13 heavy (non-hydrogen) atoms. The summed E-state index contributed by atoms with van der Waals surface area (Å²) in [5.41, 5.74) is 0. The zero-order chi connectivity index (χ0) is 9.68. The lowest BCUT2D eigenvalue weighted by molar-refractivity contribution is 0.525. The number of aromatic amines is 1. The van der Waals surface area contributed by atoms with Crippen molar-refractivity contribution >= 4 is 24.4 Å². The number of rotatable bonds is 4. The molecule has 0 fully saturated rings. The van der Waals surface area contributed by atoms with Crippen LogP contribution in [0.4, 0.5) is 0 Å². The van der Waals surface area contributed by atoms with Gasteiger partial charge in [0.2, 0.25) is 0 Å². The van der Waals surface area contributed by atoms with Crippen LogP contribution in [-0.2, 0) is 6.54 Å². The predicted molar refractivity (Wildman–Crippen MR) is 57.8 cm³/mol. The zero-order valence-electron chi connectivity index (χ0n) is 7.62. The van der Waals surface area contributed by atoms with E-state index >= 15 is 0 Å². The Kier molecular flexibility index (Phi) is 4.24. The normalized spacial score (nSPS) is 10.2. The minimum Gasteiger partial charge on any atom is -0.321 e. The van der Waals surface area contributed by atoms with Crippen LogP contribution in [0, 0.1) is 9.41 Å². The number of aromatic nitrogens is 3. The average molecular weight is 215 g/mol. The summed E-state index contributed by atoms with van der Waals surface area (Å²) >= 11 is 9.96. The standard InChI is InChI=1S/C8H13N3S2/c1-2-3-4-5-11-8(13)10-7(12)6-9-11/h6H,2-5H2,1H3,(H,10,12,13). The van der Waals surface area contributed by atoms with Gasteiger partial charge in [0.15, 0.2) is 4.77 Å². The van der Waals surface area contributed by atoms with E-state index in [9.17, 15) is 0 Å². The molecule has 0 unspecified atom stereocenters. The maximum Gasteiger partial charge on any atom is 0.194 e. The summed E-state index contributed by atoms with van der Waals surface area (Å²) in [6.45, 7) is 3.05. The summed E-state index contributed by atoms with van der Waals surface area (Å²) < 4.78 is 2.99. The molecule has 0 amide bonds. The van der Waals surface area contributed by atoms with Crippen LogP contribution in [0.2, 0.25) is 0 Å². The van der Waals surface area contributed by atoms with Crippen molar-refractivity contribution in [1.82, 2.24) is 14.8 Å². The summed E-state index contributed by atoms with van der Waals surface area (Å²) in [7, 11) is 0. The Labute approximate surface area is 87.8 Å². The van der Waals surface area contributed by atoms with Crippen molar-refractivity contribution in [3.63, 3.8) is 0 Å². The Balaban J connectivity index is 2.67. The highest BCUT2D eigenvalue weighted by Gasteiger charge is 1.92. The van der Waals surface area contributed by atoms with E-state index in [2.05, 4.69) is 17.0 Å². The first-order chi connectivity index (χ1) is 6.24. The maximum atomic E-state index is 5.07. The predicted octanol–water partition coefficient (Wildman–Crippen LogP) is 2.86. The monoisotopic (exact) mass is 215 g/mol. The van der Waals surface area contributed by atoms with Gasteiger partial charge >= 0.3 is 0 Å². The largest absolute Gasteiger partial charge is 0.321 e. The van der Waals surface area contributed by atoms with Gasteiger partial charge in [-0.2, -0.15) is 5.10 Å². The third-order valence-corrected chi connectivity index (χ3v) is 2.27. The second-order valence-electron chi connectivity index (χ2n) is 2.87. The van der Waals surface area contributed by atoms with E-state index in [4.69, 9.17) is 24.4 Å². The van der Waals surface area contributed by atoms with Gasteiger partial charge in [-0.15, -0.1) is 0 Å². The van der Waals surface area contributed by atoms with Crippen molar-refractivity contribution in [2.45, 2.75) is 32.7 Å². The first-order valence-corrected chi connectivity index (χ1v) is 5.22. The summed E-state index contributed by atoms with van der Waals surface area (Å²) in [4.78, 5) is 2.90. The van der Waals surface area contributed by atoms with Gasteiger partial charge < -0.3 is 4.98 Å². The smallest absolute Gasteiger partial charge is 0.194 e. The number of aryl methyl sites for hydroxylation is 1. The Morgan fingerprint density at radius 2 is 2.23 bits per heavy atom. The van der Waals surface area contributed by atoms with Gasteiger partial charge in [0, 0.05) is 6.54 Å². The topological polar surface area (TPSA) is 33.6 Å². The van der Waals surface area contributed by atoms with Crippen molar-refractivity contribution in [1.29, 1.82) is 0 Å². The first-order valence-electron chi connectivity index (χ1n) is 4.40. The molecule has 5 heteroatoms. The van der Waals surface area contributed by atoms with Gasteiger partial charge in [-0.1, -0.05) is 32.0 Å². The molecule has 0 aliphatic carbocycles. The third-order valence-electron chi connectivity index (χ3n) is 1.75. The molecule has 1 rings (SSSR count). The lowest BCUT2D eigenvalue weighted by Gasteiger charge is -2.03. The highest BCUT2D eigenvalue weighted by molar-refractivity contribution is 7.72. The molecular weight excluding hydrogens is 202 g/mol. The molecule has 1 heterocycles. The molecule has 0 aromatic carbocycles. The molecule has 0 aliphatic rings. The number of hydrogen-bond acceptors (Lipinski definition) is 3. The maximum absolute atomic E-state index is 5.07. The second kappa shape index (κ2) is 5.24. The minimum atomic E-state index is 0.594. The van der Waals surface area contributed by atoms with Crippen molar-refractivity contribution in [2.24, 2.45) is 0 Å². The molecule has 72 valence electrons. The zero-order valence-corrected chi connectivity index (χ0v) is 9.25. The Morgan fingerprint density at radius 1 is 1.46 bits per heavy atom. The Bertz CT molecular complexity index is 366. The molecule has 0 spiro atoms. The molecule has 1 aromatic heterocycles. The highest BCUT2D eigenvalue weighted by Crippen LogP contribution is 1.97. The van der Waals surface area contributed by atoms with Crippen LogP contribution in [-0.4, -0.2) is 14.8 Å². The van der Waals surface area contributed by atoms with Gasteiger partial charge in [-0.25, -0.2) is 4.68 Å².